The summed E-state index contributed by atoms with van der Waals surface area (Å²) in [5, 5.41) is 2.75. The smallest absolute Gasteiger partial charge is 0.330 e. The van der Waals surface area contributed by atoms with Crippen molar-refractivity contribution in [3.05, 3.63) is 29.3 Å². The van der Waals surface area contributed by atoms with E-state index in [1.165, 1.54) is 0 Å². The van der Waals surface area contributed by atoms with Crippen LogP contribution < -0.4 is 5.32 Å². The first-order chi connectivity index (χ1) is 14.7. The van der Waals surface area contributed by atoms with Crippen molar-refractivity contribution in [1.82, 2.24) is 4.90 Å². The van der Waals surface area contributed by atoms with Gasteiger partial charge in [-0.1, -0.05) is 26.0 Å². The Balaban J connectivity index is 1.42. The molecule has 1 N–H and O–H groups in total. The van der Waals surface area contributed by atoms with E-state index in [9.17, 15) is 19.2 Å². The predicted molar refractivity (Wildman–Crippen MR) is 114 cm³/mol. The van der Waals surface area contributed by atoms with Crippen LogP contribution in [0.1, 0.15) is 44.2 Å². The maximum absolute atomic E-state index is 13.1. The average molecular weight is 427 g/mol. The molecule has 5 atom stereocenters. The number of benzene rings is 1. The molecule has 0 unspecified atom stereocenters. The Morgan fingerprint density at radius 2 is 1.71 bits per heavy atom. The van der Waals surface area contributed by atoms with E-state index in [-0.39, 0.29) is 41.4 Å². The van der Waals surface area contributed by atoms with Gasteiger partial charge >= 0.3 is 5.97 Å². The van der Waals surface area contributed by atoms with E-state index in [4.69, 9.17) is 4.74 Å². The highest BCUT2D eigenvalue weighted by Gasteiger charge is 2.62. The van der Waals surface area contributed by atoms with Gasteiger partial charge in [-0.3, -0.25) is 19.3 Å². The lowest BCUT2D eigenvalue weighted by atomic mass is 9.81. The van der Waals surface area contributed by atoms with E-state index in [0.717, 1.165) is 35.3 Å². The largest absolute Gasteiger partial charge is 0.454 e. The molecule has 31 heavy (non-hydrogen) atoms. The maximum atomic E-state index is 13.1. The number of fused-ring (bicyclic) bond motifs is 5. The van der Waals surface area contributed by atoms with Crippen LogP contribution in [0.5, 0.6) is 0 Å². The first kappa shape index (κ1) is 21.5. The third-order valence-electron chi connectivity index (χ3n) is 7.13. The molecule has 7 nitrogen and oxygen atoms in total. The zero-order valence-corrected chi connectivity index (χ0v) is 18.5. The lowest BCUT2D eigenvalue weighted by molar-refractivity contribution is -0.162. The number of hydrogen-bond donors (Lipinski definition) is 1. The van der Waals surface area contributed by atoms with Crippen LogP contribution in [-0.2, 0) is 23.9 Å². The van der Waals surface area contributed by atoms with Crippen LogP contribution in [0.25, 0.3) is 0 Å². The second-order valence-corrected chi connectivity index (χ2v) is 9.59. The molecule has 2 saturated carbocycles. The van der Waals surface area contributed by atoms with Gasteiger partial charge < -0.3 is 10.1 Å². The lowest BCUT2D eigenvalue weighted by Gasteiger charge is -2.28. The Bertz CT molecular complexity index is 912. The molecule has 0 spiro atoms. The molecule has 0 radical (unpaired) electrons. The number of ether oxygens (including phenoxy) is 1. The van der Waals surface area contributed by atoms with Crippen LogP contribution in [0, 0.1) is 43.4 Å². The van der Waals surface area contributed by atoms with Gasteiger partial charge in [0.15, 0.2) is 6.61 Å². The van der Waals surface area contributed by atoms with Crippen molar-refractivity contribution in [1.29, 1.82) is 0 Å². The van der Waals surface area contributed by atoms with E-state index in [0.29, 0.717) is 5.69 Å². The number of rotatable bonds is 6. The van der Waals surface area contributed by atoms with Crippen molar-refractivity contribution >= 4 is 29.4 Å². The summed E-state index contributed by atoms with van der Waals surface area (Å²) in [5.41, 5.74) is 2.57. The highest BCUT2D eigenvalue weighted by molar-refractivity contribution is 6.08. The van der Waals surface area contributed by atoms with Crippen LogP contribution in [-0.4, -0.2) is 41.2 Å². The van der Waals surface area contributed by atoms with E-state index in [1.54, 1.807) is 13.8 Å². The molecule has 166 valence electrons. The second-order valence-electron chi connectivity index (χ2n) is 9.59. The number of carbonyl (C=O) groups is 4. The normalized spacial score (nSPS) is 27.6. The van der Waals surface area contributed by atoms with E-state index < -0.39 is 24.5 Å². The monoisotopic (exact) mass is 426 g/mol. The number of aryl methyl sites for hydroxylation is 2. The van der Waals surface area contributed by atoms with Crippen LogP contribution in [0.15, 0.2) is 18.2 Å². The summed E-state index contributed by atoms with van der Waals surface area (Å²) < 4.78 is 5.27. The standard InChI is InChI=1S/C24H30N2O5/c1-12(2)21(26-22(28)19-15-7-8-16(10-15)20(19)23(26)29)24(30)31-11-18(27)25-17-9-13(3)5-6-14(17)4/h5-6,9,12,15-16,19-21H,7-8,10-11H2,1-4H3,(H,25,27)/t15-,16-,19-,20-,21-/m0/s1. The molecule has 1 saturated heterocycles. The third kappa shape index (κ3) is 3.75. The molecule has 1 aromatic rings. The van der Waals surface area contributed by atoms with Crippen molar-refractivity contribution < 1.29 is 23.9 Å². The summed E-state index contributed by atoms with van der Waals surface area (Å²) >= 11 is 0. The number of carbonyl (C=O) groups excluding carboxylic acids is 4. The SMILES string of the molecule is Cc1ccc(C)c(NC(=O)COC(=O)[C@H](C(C)C)N2C(=O)[C@H]3[C@H]4CC[C@@H](C4)[C@@H]3C2=O)c1. The predicted octanol–water partition coefficient (Wildman–Crippen LogP) is 2.84. The van der Waals surface area contributed by atoms with Gasteiger partial charge in [-0.2, -0.15) is 0 Å². The second kappa shape index (κ2) is 8.09. The third-order valence-corrected chi connectivity index (χ3v) is 7.13. The summed E-state index contributed by atoms with van der Waals surface area (Å²) in [6.07, 6.45) is 2.90. The fourth-order valence-electron chi connectivity index (χ4n) is 5.66. The zero-order valence-electron chi connectivity index (χ0n) is 18.5. The molecule has 1 aromatic carbocycles. The number of anilines is 1. The molecule has 3 fully saturated rings. The minimum absolute atomic E-state index is 0.238. The molecule has 4 rings (SSSR count). The highest BCUT2D eigenvalue weighted by atomic mass is 16.5. The average Bonchev–Trinajstić information content (AvgIpc) is 3.39. The molecule has 0 aromatic heterocycles. The number of imide groups is 1. The summed E-state index contributed by atoms with van der Waals surface area (Å²) in [6.45, 7) is 6.90. The first-order valence-corrected chi connectivity index (χ1v) is 11.1. The van der Waals surface area contributed by atoms with Crippen LogP contribution in [0.3, 0.4) is 0 Å². The summed E-state index contributed by atoms with van der Waals surface area (Å²) in [6, 6.07) is 4.70. The number of hydrogen-bond acceptors (Lipinski definition) is 5. The summed E-state index contributed by atoms with van der Waals surface area (Å²) in [4.78, 5) is 52.6. The van der Waals surface area contributed by atoms with Crippen LogP contribution in [0.2, 0.25) is 0 Å². The maximum Gasteiger partial charge on any atom is 0.330 e. The fourth-order valence-corrected chi connectivity index (χ4v) is 5.66. The number of nitrogens with one attached hydrogen (secondary N) is 1. The number of likely N-dealkylation sites (tertiary alicyclic amines) is 1. The van der Waals surface area contributed by atoms with Crippen molar-refractivity contribution in [3.8, 4) is 0 Å². The highest BCUT2D eigenvalue weighted by Crippen LogP contribution is 2.56. The summed E-state index contributed by atoms with van der Waals surface area (Å²) in [7, 11) is 0. The Kier molecular flexibility index (Phi) is 5.62. The molecule has 3 aliphatic rings. The van der Waals surface area contributed by atoms with Crippen molar-refractivity contribution in [2.75, 3.05) is 11.9 Å². The number of esters is 1. The molecule has 1 heterocycles. The van der Waals surface area contributed by atoms with Crippen molar-refractivity contribution in [3.63, 3.8) is 0 Å². The van der Waals surface area contributed by atoms with Crippen LogP contribution >= 0.6 is 0 Å². The Labute approximate surface area is 182 Å². The van der Waals surface area contributed by atoms with Gasteiger partial charge in [0.1, 0.15) is 6.04 Å². The molecule has 1 aliphatic heterocycles. The Morgan fingerprint density at radius 1 is 1.10 bits per heavy atom. The molecule has 2 aliphatic carbocycles. The van der Waals surface area contributed by atoms with Crippen molar-refractivity contribution in [2.45, 2.75) is 53.0 Å². The Morgan fingerprint density at radius 3 is 2.29 bits per heavy atom. The van der Waals surface area contributed by atoms with Gasteiger partial charge in [-0.15, -0.1) is 0 Å². The van der Waals surface area contributed by atoms with Gasteiger partial charge in [0, 0.05) is 5.69 Å². The van der Waals surface area contributed by atoms with Crippen LogP contribution in [0.4, 0.5) is 5.69 Å². The summed E-state index contributed by atoms with van der Waals surface area (Å²) in [5.74, 6) is -2.01. The van der Waals surface area contributed by atoms with E-state index in [2.05, 4.69) is 5.32 Å². The van der Waals surface area contributed by atoms with Crippen molar-refractivity contribution in [2.24, 2.45) is 29.6 Å². The Hall–Kier alpha value is -2.70. The van der Waals surface area contributed by atoms with E-state index in [1.807, 2.05) is 32.0 Å². The van der Waals surface area contributed by atoms with Gasteiger partial charge in [0.25, 0.3) is 5.91 Å². The quantitative estimate of drug-likeness (QED) is 0.558. The fraction of sp³-hybridized carbons (Fsp3) is 0.583. The number of amides is 3. The minimum Gasteiger partial charge on any atom is -0.454 e. The zero-order chi connectivity index (χ0) is 22.4. The van der Waals surface area contributed by atoms with E-state index >= 15 is 0 Å². The lowest BCUT2D eigenvalue weighted by Crippen LogP contribution is -2.50. The molecule has 2 bridgehead atoms. The first-order valence-electron chi connectivity index (χ1n) is 11.1. The molecule has 7 heteroatoms. The van der Waals surface area contributed by atoms with Gasteiger partial charge in [-0.25, -0.2) is 4.79 Å². The molecular weight excluding hydrogens is 396 g/mol. The molecule has 3 amide bonds. The van der Waals surface area contributed by atoms with Gasteiger partial charge in [0.2, 0.25) is 11.8 Å². The minimum atomic E-state index is -1.00. The molecular formula is C24H30N2O5. The van der Waals surface area contributed by atoms with Gasteiger partial charge in [-0.05, 0) is 68.1 Å². The van der Waals surface area contributed by atoms with Gasteiger partial charge in [0.05, 0.1) is 11.8 Å². The number of nitrogens with zero attached hydrogens (tertiary/aromatic N) is 1. The topological polar surface area (TPSA) is 92.8 Å².